The van der Waals surface area contributed by atoms with Gasteiger partial charge in [-0.3, -0.25) is 4.79 Å². The second kappa shape index (κ2) is 1.77. The van der Waals surface area contributed by atoms with Crippen molar-refractivity contribution >= 4 is 5.91 Å². The molecule has 0 unspecified atom stereocenters. The van der Waals surface area contributed by atoms with Gasteiger partial charge in [0.2, 0.25) is 5.91 Å². The highest BCUT2D eigenvalue weighted by molar-refractivity contribution is 5.73. The van der Waals surface area contributed by atoms with Gasteiger partial charge in [-0.1, -0.05) is 6.92 Å². The monoisotopic (exact) mass is 113 g/mol. The van der Waals surface area contributed by atoms with Gasteiger partial charge in [-0.05, 0) is 12.3 Å². The second-order valence-corrected chi connectivity index (χ2v) is 2.52. The van der Waals surface area contributed by atoms with Crippen molar-refractivity contribution < 1.29 is 4.79 Å². The van der Waals surface area contributed by atoms with Crippen LogP contribution in [0.3, 0.4) is 0 Å². The molecule has 0 aromatic carbocycles. The van der Waals surface area contributed by atoms with Crippen LogP contribution in [0, 0.1) is 5.92 Å². The zero-order valence-electron chi connectivity index (χ0n) is 5.27. The molecule has 2 heteroatoms. The Bertz CT molecular complexity index is 111. The van der Waals surface area contributed by atoms with Gasteiger partial charge in [0.15, 0.2) is 0 Å². The molecule has 0 heterocycles. The Morgan fingerprint density at radius 2 is 2.25 bits per heavy atom. The zero-order chi connectivity index (χ0) is 6.15. The van der Waals surface area contributed by atoms with Gasteiger partial charge in [0.1, 0.15) is 0 Å². The Kier molecular flexibility index (Phi) is 1.24. The summed E-state index contributed by atoms with van der Waals surface area (Å²) in [5, 5.41) is 2.83. The first-order chi connectivity index (χ1) is 3.70. The normalized spacial score (nSPS) is 34.2. The number of nitrogens with one attached hydrogen (secondary N) is 1. The minimum atomic E-state index is 0.0966. The molecule has 8 heavy (non-hydrogen) atoms. The van der Waals surface area contributed by atoms with E-state index in [4.69, 9.17) is 0 Å². The molecular weight excluding hydrogens is 102 g/mol. The maximum atomic E-state index is 10.3. The second-order valence-electron chi connectivity index (χ2n) is 2.52. The molecule has 0 aromatic rings. The molecule has 1 rings (SSSR count). The summed E-state index contributed by atoms with van der Waals surface area (Å²) in [6, 6.07) is 0.493. The smallest absolute Gasteiger partial charge is 0.217 e. The lowest BCUT2D eigenvalue weighted by molar-refractivity contribution is -0.119. The third-order valence-electron chi connectivity index (χ3n) is 1.50. The minimum Gasteiger partial charge on any atom is -0.353 e. The lowest BCUT2D eigenvalue weighted by atomic mass is 10.5. The van der Waals surface area contributed by atoms with E-state index in [1.165, 1.54) is 6.42 Å². The fourth-order valence-corrected chi connectivity index (χ4v) is 0.784. The van der Waals surface area contributed by atoms with Gasteiger partial charge in [0.25, 0.3) is 0 Å². The van der Waals surface area contributed by atoms with E-state index in [9.17, 15) is 4.79 Å². The van der Waals surface area contributed by atoms with Crippen LogP contribution in [0.2, 0.25) is 0 Å². The lowest BCUT2D eigenvalue weighted by Gasteiger charge is -1.94. The van der Waals surface area contributed by atoms with E-state index in [2.05, 4.69) is 12.2 Å². The van der Waals surface area contributed by atoms with Gasteiger partial charge in [0, 0.05) is 13.0 Å². The van der Waals surface area contributed by atoms with Crippen LogP contribution < -0.4 is 5.32 Å². The van der Waals surface area contributed by atoms with Gasteiger partial charge < -0.3 is 5.32 Å². The molecule has 2 atom stereocenters. The third-order valence-corrected chi connectivity index (χ3v) is 1.50. The molecule has 1 N–H and O–H groups in total. The molecule has 2 nitrogen and oxygen atoms in total. The Balaban J connectivity index is 2.14. The largest absolute Gasteiger partial charge is 0.353 e. The zero-order valence-corrected chi connectivity index (χ0v) is 5.27. The highest BCUT2D eigenvalue weighted by Crippen LogP contribution is 2.28. The van der Waals surface area contributed by atoms with Crippen molar-refractivity contribution in [1.29, 1.82) is 0 Å². The fraction of sp³-hybridized carbons (Fsp3) is 0.833. The number of hydrogen-bond donors (Lipinski definition) is 1. The van der Waals surface area contributed by atoms with E-state index in [1.54, 1.807) is 6.92 Å². The predicted octanol–water partition coefficient (Wildman–Crippen LogP) is 0.531. The van der Waals surface area contributed by atoms with Crippen molar-refractivity contribution in [2.75, 3.05) is 0 Å². The van der Waals surface area contributed by atoms with E-state index in [1.807, 2.05) is 0 Å². The molecule has 1 fully saturated rings. The highest BCUT2D eigenvalue weighted by Gasteiger charge is 2.32. The molecule has 0 aromatic heterocycles. The van der Waals surface area contributed by atoms with Crippen molar-refractivity contribution in [3.05, 3.63) is 0 Å². The number of carbonyl (C=O) groups excluding carboxylic acids is 1. The molecule has 0 radical (unpaired) electrons. The van der Waals surface area contributed by atoms with Crippen LogP contribution in [0.25, 0.3) is 0 Å². The molecule has 0 saturated heterocycles. The van der Waals surface area contributed by atoms with E-state index >= 15 is 0 Å². The summed E-state index contributed by atoms with van der Waals surface area (Å²) in [5.74, 6) is 0.818. The first-order valence-electron chi connectivity index (χ1n) is 2.97. The lowest BCUT2D eigenvalue weighted by Crippen LogP contribution is -2.22. The molecule has 1 saturated carbocycles. The number of rotatable bonds is 1. The molecule has 1 aliphatic rings. The average molecular weight is 113 g/mol. The average Bonchev–Trinajstić information content (AvgIpc) is 2.17. The summed E-state index contributed by atoms with van der Waals surface area (Å²) >= 11 is 0. The van der Waals surface area contributed by atoms with Crippen LogP contribution in [-0.2, 0) is 4.79 Å². The van der Waals surface area contributed by atoms with Gasteiger partial charge in [-0.15, -0.1) is 0 Å². The molecular formula is C6H11NO. The van der Waals surface area contributed by atoms with Gasteiger partial charge >= 0.3 is 0 Å². The topological polar surface area (TPSA) is 29.1 Å². The number of hydrogen-bond acceptors (Lipinski definition) is 1. The van der Waals surface area contributed by atoms with Crippen molar-refractivity contribution in [2.24, 2.45) is 5.92 Å². The van der Waals surface area contributed by atoms with Gasteiger partial charge in [-0.25, -0.2) is 0 Å². The van der Waals surface area contributed by atoms with Gasteiger partial charge in [0.05, 0.1) is 0 Å². The standard InChI is InChI=1S/C6H11NO/c1-4-3-6(4)7-5(2)8/h4,6H,3H2,1-2H3,(H,7,8)/t4-,6+/m0/s1. The predicted molar refractivity (Wildman–Crippen MR) is 31.4 cm³/mol. The summed E-state index contributed by atoms with van der Waals surface area (Å²) in [5.41, 5.74) is 0. The first-order valence-corrected chi connectivity index (χ1v) is 2.97. The summed E-state index contributed by atoms with van der Waals surface area (Å²) < 4.78 is 0. The van der Waals surface area contributed by atoms with E-state index in [0.717, 1.165) is 5.92 Å². The van der Waals surface area contributed by atoms with Crippen molar-refractivity contribution in [1.82, 2.24) is 5.32 Å². The quantitative estimate of drug-likeness (QED) is 0.528. The Morgan fingerprint density at radius 3 is 2.38 bits per heavy atom. The first kappa shape index (κ1) is 5.60. The van der Waals surface area contributed by atoms with Gasteiger partial charge in [-0.2, -0.15) is 0 Å². The molecule has 0 bridgehead atoms. The fourth-order valence-electron chi connectivity index (χ4n) is 0.784. The van der Waals surface area contributed by atoms with Crippen molar-refractivity contribution in [3.8, 4) is 0 Å². The third kappa shape index (κ3) is 1.22. The molecule has 0 aliphatic heterocycles. The molecule has 1 aliphatic carbocycles. The Labute approximate surface area is 49.3 Å². The van der Waals surface area contributed by atoms with Crippen LogP contribution >= 0.6 is 0 Å². The van der Waals surface area contributed by atoms with Crippen LogP contribution in [0.15, 0.2) is 0 Å². The van der Waals surface area contributed by atoms with E-state index in [0.29, 0.717) is 6.04 Å². The van der Waals surface area contributed by atoms with Crippen LogP contribution in [0.5, 0.6) is 0 Å². The molecule has 1 amide bonds. The number of amides is 1. The summed E-state index contributed by atoms with van der Waals surface area (Å²) in [6.07, 6.45) is 1.17. The molecule has 46 valence electrons. The summed E-state index contributed by atoms with van der Waals surface area (Å²) in [4.78, 5) is 10.3. The maximum Gasteiger partial charge on any atom is 0.217 e. The summed E-state index contributed by atoms with van der Waals surface area (Å²) in [6.45, 7) is 3.70. The molecule has 0 spiro atoms. The highest BCUT2D eigenvalue weighted by atomic mass is 16.1. The van der Waals surface area contributed by atoms with Crippen molar-refractivity contribution in [3.63, 3.8) is 0 Å². The summed E-state index contributed by atoms with van der Waals surface area (Å²) in [7, 11) is 0. The van der Waals surface area contributed by atoms with E-state index in [-0.39, 0.29) is 5.91 Å². The van der Waals surface area contributed by atoms with Crippen LogP contribution in [-0.4, -0.2) is 11.9 Å². The van der Waals surface area contributed by atoms with Crippen LogP contribution in [0.4, 0.5) is 0 Å². The van der Waals surface area contributed by atoms with Crippen molar-refractivity contribution in [2.45, 2.75) is 26.3 Å². The Hall–Kier alpha value is -0.530. The van der Waals surface area contributed by atoms with E-state index < -0.39 is 0 Å². The minimum absolute atomic E-state index is 0.0966. The van der Waals surface area contributed by atoms with Crippen LogP contribution in [0.1, 0.15) is 20.3 Å². The maximum absolute atomic E-state index is 10.3. The Morgan fingerprint density at radius 1 is 1.75 bits per heavy atom. The SMILES string of the molecule is CC(=O)N[C@@H]1C[C@@H]1C. The number of carbonyl (C=O) groups is 1.